The van der Waals surface area contributed by atoms with Crippen LogP contribution in [0.5, 0.6) is 0 Å². The van der Waals surface area contributed by atoms with Gasteiger partial charge in [0.1, 0.15) is 11.5 Å². The number of amides is 2. The van der Waals surface area contributed by atoms with Gasteiger partial charge in [-0.3, -0.25) is 20.4 Å². The van der Waals surface area contributed by atoms with Crippen molar-refractivity contribution in [2.24, 2.45) is 0 Å². The van der Waals surface area contributed by atoms with Gasteiger partial charge >= 0.3 is 0 Å². The molecule has 0 unspecified atom stereocenters. The van der Waals surface area contributed by atoms with Gasteiger partial charge < -0.3 is 4.98 Å². The Morgan fingerprint density at radius 3 is 2.32 bits per heavy atom. The second kappa shape index (κ2) is 9.64. The number of para-hydroxylation sites is 1. The number of H-pyrrole nitrogens is 1. The van der Waals surface area contributed by atoms with Gasteiger partial charge in [-0.05, 0) is 48.0 Å². The molecule has 11 heteroatoms. The number of fused-ring (bicyclic) bond motifs is 1. The minimum Gasteiger partial charge on any atom is -0.350 e. The molecule has 0 saturated carbocycles. The molecule has 4 aromatic rings. The molecule has 0 aliphatic carbocycles. The number of hydrogen-bond acceptors (Lipinski definition) is 4. The summed E-state index contributed by atoms with van der Waals surface area (Å²) in [6, 6.07) is 18.3. The van der Waals surface area contributed by atoms with Gasteiger partial charge in [-0.25, -0.2) is 17.5 Å². The third-order valence-corrected chi connectivity index (χ3v) is 6.64. The fourth-order valence-corrected chi connectivity index (χ4v) is 4.42. The van der Waals surface area contributed by atoms with Crippen molar-refractivity contribution in [2.75, 3.05) is 0 Å². The van der Waals surface area contributed by atoms with E-state index in [2.05, 4.69) is 20.6 Å². The molecule has 1 heterocycles. The first kappa shape index (κ1) is 23.4. The smallest absolute Gasteiger partial charge is 0.286 e. The van der Waals surface area contributed by atoms with Gasteiger partial charge in [-0.2, -0.15) is 0 Å². The number of aromatic amines is 1. The second-order valence-electron chi connectivity index (χ2n) is 7.28. The molecule has 0 radical (unpaired) electrons. The van der Waals surface area contributed by atoms with Gasteiger partial charge in [0, 0.05) is 23.0 Å². The molecule has 0 aliphatic heterocycles. The highest BCUT2D eigenvalue weighted by molar-refractivity contribution is 7.89. The molecule has 0 bridgehead atoms. The van der Waals surface area contributed by atoms with Crippen LogP contribution in [0.25, 0.3) is 10.9 Å². The third-order valence-electron chi connectivity index (χ3n) is 4.95. The van der Waals surface area contributed by atoms with E-state index >= 15 is 0 Å². The number of hydrazine groups is 1. The largest absolute Gasteiger partial charge is 0.350 e. The van der Waals surface area contributed by atoms with E-state index in [9.17, 15) is 22.4 Å². The fourth-order valence-electron chi connectivity index (χ4n) is 3.13. The Morgan fingerprint density at radius 2 is 1.62 bits per heavy atom. The van der Waals surface area contributed by atoms with Crippen LogP contribution in [0.2, 0.25) is 5.02 Å². The Hall–Kier alpha value is -3.73. The van der Waals surface area contributed by atoms with Crippen LogP contribution in [0.3, 0.4) is 0 Å². The maximum atomic E-state index is 13.3. The summed E-state index contributed by atoms with van der Waals surface area (Å²) in [5.41, 5.74) is 6.61. The molecule has 4 rings (SSSR count). The van der Waals surface area contributed by atoms with Crippen LogP contribution in [0.4, 0.5) is 4.39 Å². The Kier molecular flexibility index (Phi) is 6.64. The van der Waals surface area contributed by atoms with Crippen LogP contribution in [-0.4, -0.2) is 25.2 Å². The van der Waals surface area contributed by atoms with E-state index in [-0.39, 0.29) is 22.0 Å². The minimum atomic E-state index is -3.91. The van der Waals surface area contributed by atoms with Crippen LogP contribution in [0.15, 0.2) is 77.7 Å². The zero-order valence-electron chi connectivity index (χ0n) is 17.4. The molecule has 0 fully saturated rings. The molecule has 8 nitrogen and oxygen atoms in total. The highest BCUT2D eigenvalue weighted by atomic mass is 35.5. The Balaban J connectivity index is 1.33. The first-order valence-corrected chi connectivity index (χ1v) is 11.8. The van der Waals surface area contributed by atoms with Crippen molar-refractivity contribution in [1.29, 1.82) is 0 Å². The van der Waals surface area contributed by atoms with E-state index < -0.39 is 27.7 Å². The van der Waals surface area contributed by atoms with E-state index in [4.69, 9.17) is 11.6 Å². The molecule has 0 saturated heterocycles. The number of rotatable bonds is 6. The molecule has 2 amide bonds. The van der Waals surface area contributed by atoms with Gasteiger partial charge in [-0.1, -0.05) is 41.9 Å². The van der Waals surface area contributed by atoms with Crippen LogP contribution in [0.1, 0.15) is 26.4 Å². The maximum Gasteiger partial charge on any atom is 0.286 e. The lowest BCUT2D eigenvalue weighted by Gasteiger charge is -2.09. The summed E-state index contributed by atoms with van der Waals surface area (Å²) in [6.07, 6.45) is 0. The molecule has 34 heavy (non-hydrogen) atoms. The molecule has 3 aromatic carbocycles. The number of sulfonamides is 1. The molecule has 4 N–H and O–H groups in total. The van der Waals surface area contributed by atoms with Crippen molar-refractivity contribution >= 4 is 44.3 Å². The number of aromatic nitrogens is 1. The first-order valence-electron chi connectivity index (χ1n) is 9.95. The van der Waals surface area contributed by atoms with E-state index in [1.165, 1.54) is 12.1 Å². The fraction of sp³-hybridized carbons (Fsp3) is 0.0435. The highest BCUT2D eigenvalue weighted by Crippen LogP contribution is 2.19. The predicted octanol–water partition coefficient (Wildman–Crippen LogP) is 3.51. The van der Waals surface area contributed by atoms with Crippen LogP contribution in [-0.2, 0) is 16.6 Å². The molecule has 0 spiro atoms. The molecule has 0 atom stereocenters. The van der Waals surface area contributed by atoms with Gasteiger partial charge in [0.25, 0.3) is 11.8 Å². The zero-order valence-corrected chi connectivity index (χ0v) is 19.0. The van der Waals surface area contributed by atoms with Crippen molar-refractivity contribution in [2.45, 2.75) is 11.4 Å². The summed E-state index contributed by atoms with van der Waals surface area (Å²) in [5, 5.41) is 0.572. The number of hydrogen-bond donors (Lipinski definition) is 4. The number of carbonyl (C=O) groups excluding carboxylic acids is 2. The third kappa shape index (κ3) is 5.25. The number of benzene rings is 3. The quantitative estimate of drug-likeness (QED) is 0.303. The second-order valence-corrected chi connectivity index (χ2v) is 9.45. The van der Waals surface area contributed by atoms with Crippen LogP contribution >= 0.6 is 11.6 Å². The van der Waals surface area contributed by atoms with E-state index in [1.54, 1.807) is 18.2 Å². The average Bonchev–Trinajstić information content (AvgIpc) is 3.27. The lowest BCUT2D eigenvalue weighted by Crippen LogP contribution is -2.41. The number of carbonyl (C=O) groups is 2. The lowest BCUT2D eigenvalue weighted by molar-refractivity contribution is 0.0844. The maximum absolute atomic E-state index is 13.3. The summed E-state index contributed by atoms with van der Waals surface area (Å²) in [7, 11) is -3.91. The van der Waals surface area contributed by atoms with Crippen LogP contribution in [0, 0.1) is 5.82 Å². The van der Waals surface area contributed by atoms with Crippen molar-refractivity contribution in [3.63, 3.8) is 0 Å². The zero-order chi connectivity index (χ0) is 24.3. The number of nitrogens with one attached hydrogen (secondary N) is 4. The summed E-state index contributed by atoms with van der Waals surface area (Å²) in [4.78, 5) is 27.4. The van der Waals surface area contributed by atoms with Crippen LogP contribution < -0.4 is 15.6 Å². The Bertz CT molecular complexity index is 1450. The van der Waals surface area contributed by atoms with Crippen molar-refractivity contribution in [3.05, 3.63) is 100 Å². The molecular weight excluding hydrogens is 483 g/mol. The predicted molar refractivity (Wildman–Crippen MR) is 125 cm³/mol. The summed E-state index contributed by atoms with van der Waals surface area (Å²) < 4.78 is 40.4. The van der Waals surface area contributed by atoms with Gasteiger partial charge in [0.2, 0.25) is 10.0 Å². The Labute approximate surface area is 199 Å². The lowest BCUT2D eigenvalue weighted by atomic mass is 10.1. The standard InChI is InChI=1S/C23H18ClFN4O4S/c24-18-12-17(9-10-19(18)25)34(32,33)26-13-14-5-7-15(8-6-14)22(30)28-29-23(31)21-11-16-3-1-2-4-20(16)27-21/h1-12,26-27H,13H2,(H,28,30)(H,29,31). The average molecular weight is 501 g/mol. The number of halogens is 2. The van der Waals surface area contributed by atoms with Crippen molar-refractivity contribution in [3.8, 4) is 0 Å². The Morgan fingerprint density at radius 1 is 0.912 bits per heavy atom. The molecule has 174 valence electrons. The highest BCUT2D eigenvalue weighted by Gasteiger charge is 2.16. The summed E-state index contributed by atoms with van der Waals surface area (Å²) in [6.45, 7) is -0.0592. The minimum absolute atomic E-state index is 0.0592. The van der Waals surface area contributed by atoms with Gasteiger partial charge in [-0.15, -0.1) is 0 Å². The molecule has 1 aromatic heterocycles. The normalized spacial score (nSPS) is 11.4. The topological polar surface area (TPSA) is 120 Å². The van der Waals surface area contributed by atoms with E-state index in [0.717, 1.165) is 29.1 Å². The molecular formula is C23H18ClFN4O4S. The monoisotopic (exact) mass is 500 g/mol. The first-order chi connectivity index (χ1) is 16.2. The van der Waals surface area contributed by atoms with E-state index in [1.807, 2.05) is 24.3 Å². The van der Waals surface area contributed by atoms with Gasteiger partial charge in [0.15, 0.2) is 0 Å². The van der Waals surface area contributed by atoms with Crippen molar-refractivity contribution in [1.82, 2.24) is 20.6 Å². The summed E-state index contributed by atoms with van der Waals surface area (Å²) >= 11 is 5.65. The van der Waals surface area contributed by atoms with Gasteiger partial charge in [0.05, 0.1) is 9.92 Å². The molecule has 0 aliphatic rings. The SMILES string of the molecule is O=C(NNC(=O)c1cc2ccccc2[nH]1)c1ccc(CNS(=O)(=O)c2ccc(F)c(Cl)c2)cc1. The van der Waals surface area contributed by atoms with Crippen molar-refractivity contribution < 1.29 is 22.4 Å². The van der Waals surface area contributed by atoms with E-state index in [0.29, 0.717) is 11.3 Å². The summed E-state index contributed by atoms with van der Waals surface area (Å²) in [5.74, 6) is -1.76.